The van der Waals surface area contributed by atoms with Gasteiger partial charge in [-0.15, -0.1) is 0 Å². The van der Waals surface area contributed by atoms with Crippen molar-refractivity contribution in [3.05, 3.63) is 18.0 Å². The van der Waals surface area contributed by atoms with Gasteiger partial charge >= 0.3 is 5.97 Å². The molecule has 2 saturated heterocycles. The van der Waals surface area contributed by atoms with Gasteiger partial charge in [-0.25, -0.2) is 0 Å². The third-order valence-electron chi connectivity index (χ3n) is 4.75. The van der Waals surface area contributed by atoms with Crippen molar-refractivity contribution in [2.24, 2.45) is 11.3 Å². The Balaban J connectivity index is 1.78. The van der Waals surface area contributed by atoms with Crippen LogP contribution in [0.2, 0.25) is 0 Å². The number of carboxylic acid groups (broad SMARTS) is 1. The summed E-state index contributed by atoms with van der Waals surface area (Å²) in [6, 6.07) is 0. The number of likely N-dealkylation sites (tertiary alicyclic amines) is 1. The lowest BCUT2D eigenvalue weighted by Gasteiger charge is -2.33. The van der Waals surface area contributed by atoms with Crippen LogP contribution in [0.4, 0.5) is 0 Å². The molecule has 7 heteroatoms. The first-order valence-electron chi connectivity index (χ1n) is 7.69. The SMILES string of the molecule is CCCn1cc(C(=O)N2C[C@H]3COCC[C@@]3(C(=O)O)C2)cn1. The highest BCUT2D eigenvalue weighted by molar-refractivity contribution is 5.94. The number of aromatic nitrogens is 2. The second-order valence-electron chi connectivity index (χ2n) is 6.16. The average Bonchev–Trinajstić information content (AvgIpc) is 3.11. The van der Waals surface area contributed by atoms with E-state index in [1.165, 1.54) is 0 Å². The minimum Gasteiger partial charge on any atom is -0.481 e. The van der Waals surface area contributed by atoms with E-state index in [2.05, 4.69) is 5.10 Å². The number of ether oxygens (including phenoxy) is 1. The fraction of sp³-hybridized carbons (Fsp3) is 0.667. The van der Waals surface area contributed by atoms with Crippen molar-refractivity contribution in [2.75, 3.05) is 26.3 Å². The summed E-state index contributed by atoms with van der Waals surface area (Å²) < 4.78 is 7.15. The quantitative estimate of drug-likeness (QED) is 0.891. The van der Waals surface area contributed by atoms with E-state index in [4.69, 9.17) is 4.74 Å². The zero-order chi connectivity index (χ0) is 15.7. The first-order chi connectivity index (χ1) is 10.6. The predicted molar refractivity (Wildman–Crippen MR) is 77.4 cm³/mol. The van der Waals surface area contributed by atoms with E-state index >= 15 is 0 Å². The van der Waals surface area contributed by atoms with E-state index in [1.807, 2.05) is 6.92 Å². The Bertz CT molecular complexity index is 585. The smallest absolute Gasteiger partial charge is 0.311 e. The first-order valence-corrected chi connectivity index (χ1v) is 7.69. The molecule has 3 heterocycles. The van der Waals surface area contributed by atoms with Crippen LogP contribution >= 0.6 is 0 Å². The molecule has 2 aliphatic heterocycles. The summed E-state index contributed by atoms with van der Waals surface area (Å²) in [5.41, 5.74) is -0.332. The van der Waals surface area contributed by atoms with Crippen LogP contribution in [0.25, 0.3) is 0 Å². The fourth-order valence-electron chi connectivity index (χ4n) is 3.46. The van der Waals surface area contributed by atoms with Crippen LogP contribution in [0, 0.1) is 11.3 Å². The van der Waals surface area contributed by atoms with Gasteiger partial charge in [0.15, 0.2) is 0 Å². The Kier molecular flexibility index (Phi) is 3.90. The second kappa shape index (κ2) is 5.72. The third-order valence-corrected chi connectivity index (χ3v) is 4.75. The second-order valence-corrected chi connectivity index (χ2v) is 6.16. The highest BCUT2D eigenvalue weighted by Gasteiger charge is 2.55. The molecule has 1 amide bonds. The number of hydrogen-bond donors (Lipinski definition) is 1. The van der Waals surface area contributed by atoms with Gasteiger partial charge in [-0.3, -0.25) is 14.3 Å². The lowest BCUT2D eigenvalue weighted by molar-refractivity contribution is -0.157. The van der Waals surface area contributed by atoms with Crippen LogP contribution < -0.4 is 0 Å². The van der Waals surface area contributed by atoms with Gasteiger partial charge in [0.2, 0.25) is 0 Å². The molecule has 7 nitrogen and oxygen atoms in total. The van der Waals surface area contributed by atoms with Crippen molar-refractivity contribution in [1.82, 2.24) is 14.7 Å². The summed E-state index contributed by atoms with van der Waals surface area (Å²) >= 11 is 0. The zero-order valence-corrected chi connectivity index (χ0v) is 12.7. The number of aryl methyl sites for hydroxylation is 1. The molecule has 2 atom stereocenters. The summed E-state index contributed by atoms with van der Waals surface area (Å²) in [4.78, 5) is 26.0. The van der Waals surface area contributed by atoms with Gasteiger partial charge in [0.05, 0.1) is 23.8 Å². The Morgan fingerprint density at radius 1 is 1.55 bits per heavy atom. The number of rotatable bonds is 4. The number of fused-ring (bicyclic) bond motifs is 1. The van der Waals surface area contributed by atoms with E-state index in [9.17, 15) is 14.7 Å². The van der Waals surface area contributed by atoms with Crippen LogP contribution in [-0.4, -0.2) is 58.0 Å². The van der Waals surface area contributed by atoms with E-state index in [1.54, 1.807) is 22.0 Å². The summed E-state index contributed by atoms with van der Waals surface area (Å²) in [5, 5.41) is 13.8. The summed E-state index contributed by atoms with van der Waals surface area (Å²) in [7, 11) is 0. The maximum Gasteiger partial charge on any atom is 0.311 e. The predicted octanol–water partition coefficient (Wildman–Crippen LogP) is 0.856. The maximum absolute atomic E-state index is 12.6. The van der Waals surface area contributed by atoms with E-state index in [-0.39, 0.29) is 18.4 Å². The zero-order valence-electron chi connectivity index (χ0n) is 12.7. The molecule has 0 radical (unpaired) electrons. The molecule has 120 valence electrons. The molecule has 0 saturated carbocycles. The monoisotopic (exact) mass is 307 g/mol. The molecule has 2 aliphatic rings. The number of aliphatic carboxylic acids is 1. The van der Waals surface area contributed by atoms with Crippen molar-refractivity contribution >= 4 is 11.9 Å². The minimum absolute atomic E-state index is 0.131. The standard InChI is InChI=1S/C15H21N3O4/c1-2-4-18-7-11(6-16-18)13(19)17-8-12-9-22-5-3-15(12,10-17)14(20)21/h6-7,12H,2-5,8-10H2,1H3,(H,20,21)/t12-,15+/m0/s1. The highest BCUT2D eigenvalue weighted by Crippen LogP contribution is 2.42. The van der Waals surface area contributed by atoms with E-state index < -0.39 is 11.4 Å². The van der Waals surface area contributed by atoms with E-state index in [0.717, 1.165) is 13.0 Å². The molecule has 1 aromatic rings. The van der Waals surface area contributed by atoms with E-state index in [0.29, 0.717) is 31.7 Å². The third kappa shape index (κ3) is 2.39. The maximum atomic E-state index is 12.6. The minimum atomic E-state index is -0.854. The van der Waals surface area contributed by atoms with Crippen molar-refractivity contribution in [1.29, 1.82) is 0 Å². The summed E-state index contributed by atoms with van der Waals surface area (Å²) in [6.07, 6.45) is 4.70. The Hall–Kier alpha value is -1.89. The van der Waals surface area contributed by atoms with Crippen LogP contribution in [0.3, 0.4) is 0 Å². The van der Waals surface area contributed by atoms with Gasteiger partial charge < -0.3 is 14.7 Å². The average molecular weight is 307 g/mol. The molecule has 0 spiro atoms. The normalized spacial score (nSPS) is 27.7. The molecule has 1 aromatic heterocycles. The van der Waals surface area contributed by atoms with Gasteiger partial charge in [-0.2, -0.15) is 5.10 Å². The van der Waals surface area contributed by atoms with Crippen LogP contribution in [0.15, 0.2) is 12.4 Å². The molecule has 0 bridgehead atoms. The molecular formula is C15H21N3O4. The van der Waals surface area contributed by atoms with Crippen molar-refractivity contribution in [3.8, 4) is 0 Å². The molecular weight excluding hydrogens is 286 g/mol. The fourth-order valence-corrected chi connectivity index (χ4v) is 3.46. The first kappa shape index (κ1) is 15.0. The number of amides is 1. The number of nitrogens with zero attached hydrogens (tertiary/aromatic N) is 3. The number of carboxylic acids is 1. The van der Waals surface area contributed by atoms with Gasteiger partial charge in [0.1, 0.15) is 0 Å². The van der Waals surface area contributed by atoms with Gasteiger partial charge in [-0.1, -0.05) is 6.92 Å². The van der Waals surface area contributed by atoms with Crippen LogP contribution in [0.1, 0.15) is 30.1 Å². The van der Waals surface area contributed by atoms with Crippen molar-refractivity contribution < 1.29 is 19.4 Å². The molecule has 0 unspecified atom stereocenters. The molecule has 2 fully saturated rings. The largest absolute Gasteiger partial charge is 0.481 e. The topological polar surface area (TPSA) is 84.7 Å². The van der Waals surface area contributed by atoms with Gasteiger partial charge in [-0.05, 0) is 12.8 Å². The highest BCUT2D eigenvalue weighted by atomic mass is 16.5. The Labute approximate surface area is 128 Å². The molecule has 0 aliphatic carbocycles. The summed E-state index contributed by atoms with van der Waals surface area (Å²) in [6.45, 7) is 4.36. The lowest BCUT2D eigenvalue weighted by atomic mass is 9.74. The number of carbonyl (C=O) groups excluding carboxylic acids is 1. The lowest BCUT2D eigenvalue weighted by Crippen LogP contribution is -2.45. The number of carbonyl (C=O) groups is 2. The Morgan fingerprint density at radius 2 is 2.36 bits per heavy atom. The Morgan fingerprint density at radius 3 is 3.05 bits per heavy atom. The number of hydrogen-bond acceptors (Lipinski definition) is 4. The van der Waals surface area contributed by atoms with Crippen LogP contribution in [0.5, 0.6) is 0 Å². The van der Waals surface area contributed by atoms with Crippen molar-refractivity contribution in [3.63, 3.8) is 0 Å². The molecule has 3 rings (SSSR count). The van der Waals surface area contributed by atoms with Crippen molar-refractivity contribution in [2.45, 2.75) is 26.3 Å². The van der Waals surface area contributed by atoms with Gasteiger partial charge in [0.25, 0.3) is 5.91 Å². The summed E-state index contributed by atoms with van der Waals surface area (Å²) in [5.74, 6) is -1.09. The van der Waals surface area contributed by atoms with Crippen LogP contribution in [-0.2, 0) is 16.1 Å². The van der Waals surface area contributed by atoms with Gasteiger partial charge in [0, 0.05) is 38.4 Å². The molecule has 0 aromatic carbocycles. The molecule has 1 N–H and O–H groups in total. The molecule has 22 heavy (non-hydrogen) atoms.